The van der Waals surface area contributed by atoms with Gasteiger partial charge in [-0.1, -0.05) is 30.4 Å². The number of hydrogen-bond donors (Lipinski definition) is 0. The number of nitrogens with zero attached hydrogens (tertiary/aromatic N) is 1. The van der Waals surface area contributed by atoms with Crippen molar-refractivity contribution in [1.82, 2.24) is 0 Å². The maximum Gasteiger partial charge on any atom is 0.0642 e. The molecule has 3 aliphatic rings. The maximum absolute atomic E-state index is 5.48. The van der Waals surface area contributed by atoms with Crippen molar-refractivity contribution in [2.75, 3.05) is 31.2 Å². The highest BCUT2D eigenvalue weighted by molar-refractivity contribution is 5.53. The van der Waals surface area contributed by atoms with Gasteiger partial charge in [0.05, 0.1) is 13.2 Å². The summed E-state index contributed by atoms with van der Waals surface area (Å²) >= 11 is 0. The fraction of sp³-hybridized carbons (Fsp3) is 0.364. The molecule has 0 unspecified atom stereocenters. The second kappa shape index (κ2) is 5.78. The average molecular weight is 317 g/mol. The second-order valence-corrected chi connectivity index (χ2v) is 7.04. The normalized spacial score (nSPS) is 18.8. The quantitative estimate of drug-likeness (QED) is 0.800. The van der Waals surface area contributed by atoms with Gasteiger partial charge in [-0.25, -0.2) is 0 Å². The number of ether oxygens (including phenoxy) is 1. The van der Waals surface area contributed by atoms with Gasteiger partial charge in [0, 0.05) is 18.8 Å². The molecule has 0 aromatic heterocycles. The average Bonchev–Trinajstić information content (AvgIpc) is 2.67. The van der Waals surface area contributed by atoms with Crippen LogP contribution in [0, 0.1) is 10.4 Å². The maximum atomic E-state index is 5.48. The van der Waals surface area contributed by atoms with E-state index in [0.717, 1.165) is 32.7 Å². The predicted molar refractivity (Wildman–Crippen MR) is 98.4 cm³/mol. The first-order chi connectivity index (χ1) is 11.9. The molecule has 0 N–H and O–H groups in total. The largest absolute Gasteiger partial charge is 0.378 e. The van der Waals surface area contributed by atoms with Crippen LogP contribution in [0.25, 0.3) is 12.2 Å². The third kappa shape index (κ3) is 2.29. The molecule has 0 saturated carbocycles. The fourth-order valence-corrected chi connectivity index (χ4v) is 4.41. The molecule has 1 aliphatic heterocycles. The Balaban J connectivity index is 1.71. The molecule has 24 heavy (non-hydrogen) atoms. The zero-order valence-electron chi connectivity index (χ0n) is 14.1. The van der Waals surface area contributed by atoms with E-state index in [1.807, 2.05) is 0 Å². The van der Waals surface area contributed by atoms with Crippen LogP contribution in [0.1, 0.15) is 24.0 Å². The minimum Gasteiger partial charge on any atom is -0.378 e. The highest BCUT2D eigenvalue weighted by Crippen LogP contribution is 2.19. The summed E-state index contributed by atoms with van der Waals surface area (Å²) in [5.41, 5.74) is 4.50. The predicted octanol–water partition coefficient (Wildman–Crippen LogP) is 2.26. The van der Waals surface area contributed by atoms with E-state index in [1.165, 1.54) is 45.8 Å². The number of anilines is 1. The van der Waals surface area contributed by atoms with Gasteiger partial charge in [0.2, 0.25) is 0 Å². The molecule has 1 saturated heterocycles. The van der Waals surface area contributed by atoms with Crippen molar-refractivity contribution in [1.29, 1.82) is 0 Å². The van der Waals surface area contributed by atoms with Crippen LogP contribution in [0.5, 0.6) is 0 Å². The van der Waals surface area contributed by atoms with E-state index in [9.17, 15) is 0 Å². The van der Waals surface area contributed by atoms with Crippen molar-refractivity contribution in [2.45, 2.75) is 25.7 Å². The van der Waals surface area contributed by atoms with Crippen molar-refractivity contribution in [3.8, 4) is 0 Å². The Labute approximate surface area is 142 Å². The second-order valence-electron chi connectivity index (χ2n) is 7.04. The number of fused-ring (bicyclic) bond motifs is 4. The van der Waals surface area contributed by atoms with Gasteiger partial charge < -0.3 is 9.64 Å². The topological polar surface area (TPSA) is 12.5 Å². The number of hydrogen-bond acceptors (Lipinski definition) is 2. The van der Waals surface area contributed by atoms with Gasteiger partial charge in [-0.15, -0.1) is 0 Å². The van der Waals surface area contributed by atoms with Crippen LogP contribution in [0.15, 0.2) is 30.3 Å². The Morgan fingerprint density at radius 1 is 0.833 bits per heavy atom. The van der Waals surface area contributed by atoms with Crippen LogP contribution in [-0.2, 0) is 17.6 Å². The molecule has 122 valence electrons. The van der Waals surface area contributed by atoms with Crippen LogP contribution in [-0.4, -0.2) is 26.3 Å². The van der Waals surface area contributed by atoms with E-state index in [4.69, 9.17) is 4.74 Å². The van der Waals surface area contributed by atoms with E-state index in [0.29, 0.717) is 0 Å². The highest BCUT2D eigenvalue weighted by atomic mass is 16.5. The van der Waals surface area contributed by atoms with Crippen LogP contribution < -0.4 is 15.3 Å². The van der Waals surface area contributed by atoms with E-state index >= 15 is 0 Å². The van der Waals surface area contributed by atoms with Gasteiger partial charge in [-0.05, 0) is 69.8 Å². The Kier molecular flexibility index (Phi) is 3.45. The number of rotatable bonds is 1. The van der Waals surface area contributed by atoms with Gasteiger partial charge in [-0.3, -0.25) is 0 Å². The van der Waals surface area contributed by atoms with Crippen molar-refractivity contribution in [3.05, 3.63) is 62.3 Å². The van der Waals surface area contributed by atoms with Gasteiger partial charge >= 0.3 is 0 Å². The van der Waals surface area contributed by atoms with Crippen molar-refractivity contribution in [2.24, 2.45) is 0 Å². The first-order valence-corrected chi connectivity index (χ1v) is 9.18. The molecule has 5 rings (SSSR count). The summed E-state index contributed by atoms with van der Waals surface area (Å²) in [6, 6.07) is 11.7. The molecular weight excluding hydrogens is 294 g/mol. The van der Waals surface area contributed by atoms with Gasteiger partial charge in [0.25, 0.3) is 0 Å². The highest BCUT2D eigenvalue weighted by Gasteiger charge is 2.14. The number of benzene rings is 2. The molecule has 2 heteroatoms. The van der Waals surface area contributed by atoms with Crippen LogP contribution in [0.3, 0.4) is 0 Å². The minimum absolute atomic E-state index is 0.840. The van der Waals surface area contributed by atoms with E-state index < -0.39 is 0 Å². The molecule has 0 bridgehead atoms. The Morgan fingerprint density at radius 3 is 2.62 bits per heavy atom. The van der Waals surface area contributed by atoms with Crippen LogP contribution in [0.2, 0.25) is 0 Å². The third-order valence-corrected chi connectivity index (χ3v) is 5.69. The molecule has 0 spiro atoms. The van der Waals surface area contributed by atoms with E-state index in [2.05, 4.69) is 47.4 Å². The van der Waals surface area contributed by atoms with E-state index in [-0.39, 0.29) is 0 Å². The monoisotopic (exact) mass is 317 g/mol. The lowest BCUT2D eigenvalue weighted by Crippen LogP contribution is -2.36. The minimum atomic E-state index is 0.840. The summed E-state index contributed by atoms with van der Waals surface area (Å²) in [4.78, 5) is 2.44. The van der Waals surface area contributed by atoms with Crippen molar-refractivity contribution < 1.29 is 4.74 Å². The lowest BCUT2D eigenvalue weighted by atomic mass is 9.89. The molecular formula is C22H23NO. The van der Waals surface area contributed by atoms with Gasteiger partial charge in [0.1, 0.15) is 0 Å². The van der Waals surface area contributed by atoms with Crippen molar-refractivity contribution in [3.63, 3.8) is 0 Å². The molecule has 0 atom stereocenters. The van der Waals surface area contributed by atoms with E-state index in [1.54, 1.807) is 11.1 Å². The Morgan fingerprint density at radius 2 is 1.71 bits per heavy atom. The zero-order valence-corrected chi connectivity index (χ0v) is 14.1. The Bertz CT molecular complexity index is 999. The molecule has 2 nitrogen and oxygen atoms in total. The molecule has 1 heterocycles. The lowest BCUT2D eigenvalue weighted by molar-refractivity contribution is 0.122. The SMILES string of the molecule is C1=c2ccc3c(c2CCC1)CC=c1cc(N2CCOCC2)ccc1=3. The van der Waals surface area contributed by atoms with Crippen LogP contribution in [0.4, 0.5) is 5.69 Å². The smallest absolute Gasteiger partial charge is 0.0642 e. The third-order valence-electron chi connectivity index (χ3n) is 5.69. The summed E-state index contributed by atoms with van der Waals surface area (Å²) in [5, 5.41) is 5.73. The first kappa shape index (κ1) is 14.3. The van der Waals surface area contributed by atoms with Crippen LogP contribution >= 0.6 is 0 Å². The van der Waals surface area contributed by atoms with Gasteiger partial charge in [0.15, 0.2) is 0 Å². The molecule has 0 radical (unpaired) electrons. The molecule has 2 aliphatic carbocycles. The standard InChI is InChI=1S/C22H23NO/c1-2-4-19-16(3-1)5-8-22-20-10-7-18(23-11-13-24-14-12-23)15-17(20)6-9-21(19)22/h3,5-8,10,15H,1-2,4,9,11-14H2. The molecule has 1 fully saturated rings. The fourth-order valence-electron chi connectivity index (χ4n) is 4.41. The Hall–Kier alpha value is -2.06. The lowest BCUT2D eigenvalue weighted by Gasteiger charge is -2.29. The van der Waals surface area contributed by atoms with Gasteiger partial charge in [-0.2, -0.15) is 0 Å². The summed E-state index contributed by atoms with van der Waals surface area (Å²) in [6.45, 7) is 3.68. The summed E-state index contributed by atoms with van der Waals surface area (Å²) < 4.78 is 5.48. The number of morpholine rings is 1. The zero-order chi connectivity index (χ0) is 15.9. The summed E-state index contributed by atoms with van der Waals surface area (Å²) in [7, 11) is 0. The first-order valence-electron chi connectivity index (χ1n) is 9.18. The molecule has 0 amide bonds. The molecule has 2 aromatic carbocycles. The molecule has 2 aromatic rings. The summed E-state index contributed by atoms with van der Waals surface area (Å²) in [5.74, 6) is 0. The summed E-state index contributed by atoms with van der Waals surface area (Å²) in [6.07, 6.45) is 9.68. The van der Waals surface area contributed by atoms with Crippen molar-refractivity contribution >= 4 is 17.8 Å².